The lowest BCUT2D eigenvalue weighted by Gasteiger charge is -2.03. The molecule has 0 amide bonds. The van der Waals surface area contributed by atoms with Crippen LogP contribution in [0.3, 0.4) is 0 Å². The summed E-state index contributed by atoms with van der Waals surface area (Å²) in [5.41, 5.74) is 0.675. The fourth-order valence-electron chi connectivity index (χ4n) is 1.35. The van der Waals surface area contributed by atoms with E-state index in [1.165, 1.54) is 12.3 Å². The summed E-state index contributed by atoms with van der Waals surface area (Å²) in [6.07, 6.45) is 4.36. The van der Waals surface area contributed by atoms with E-state index in [2.05, 4.69) is 9.72 Å². The Hall–Kier alpha value is -2.11. The Labute approximate surface area is 104 Å². The van der Waals surface area contributed by atoms with E-state index in [4.69, 9.17) is 4.74 Å². The van der Waals surface area contributed by atoms with E-state index < -0.39 is 5.97 Å². The average molecular weight is 253 g/mol. The van der Waals surface area contributed by atoms with Gasteiger partial charge in [-0.2, -0.15) is 0 Å². The molecule has 0 radical (unpaired) electrons. The lowest BCUT2D eigenvalue weighted by molar-refractivity contribution is -0.128. The average Bonchev–Trinajstić information content (AvgIpc) is 2.86. The third-order valence-corrected chi connectivity index (χ3v) is 2.27. The molecule has 0 fully saturated rings. The van der Waals surface area contributed by atoms with Gasteiger partial charge in [-0.15, -0.1) is 0 Å². The maximum Gasteiger partial charge on any atom is 0.354 e. The van der Waals surface area contributed by atoms with Crippen molar-refractivity contribution in [3.63, 3.8) is 0 Å². The number of carbonyl (C=O) groups excluding carboxylic acids is 3. The zero-order valence-electron chi connectivity index (χ0n) is 9.89. The normalized spacial score (nSPS) is 9.78. The molecule has 0 spiro atoms. The van der Waals surface area contributed by atoms with Gasteiger partial charge in [-0.25, -0.2) is 4.79 Å². The molecule has 1 aromatic rings. The van der Waals surface area contributed by atoms with Crippen LogP contribution in [-0.4, -0.2) is 36.9 Å². The Balaban J connectivity index is 2.13. The SMILES string of the molecule is O=COCCCCCOC(=O)c1cc(C=O)c[nH]1. The van der Waals surface area contributed by atoms with Crippen molar-refractivity contribution in [1.29, 1.82) is 0 Å². The minimum atomic E-state index is -0.479. The summed E-state index contributed by atoms with van der Waals surface area (Å²) in [4.78, 5) is 34.4. The highest BCUT2D eigenvalue weighted by atomic mass is 16.5. The zero-order valence-corrected chi connectivity index (χ0v) is 9.89. The third kappa shape index (κ3) is 4.82. The van der Waals surface area contributed by atoms with Crippen LogP contribution in [0.5, 0.6) is 0 Å². The van der Waals surface area contributed by atoms with Gasteiger partial charge in [0.05, 0.1) is 13.2 Å². The Morgan fingerprint density at radius 2 is 2.00 bits per heavy atom. The molecule has 0 aliphatic rings. The summed E-state index contributed by atoms with van der Waals surface area (Å²) < 4.78 is 9.52. The molecule has 0 aromatic carbocycles. The van der Waals surface area contributed by atoms with Gasteiger partial charge < -0.3 is 14.5 Å². The van der Waals surface area contributed by atoms with Crippen LogP contribution >= 0.6 is 0 Å². The number of rotatable bonds is 9. The minimum absolute atomic E-state index is 0.265. The molecule has 18 heavy (non-hydrogen) atoms. The standard InChI is InChI=1S/C12H15NO5/c14-8-10-6-11(13-7-10)12(16)18-5-3-1-2-4-17-9-15/h6-9,13H,1-5H2. The topological polar surface area (TPSA) is 85.5 Å². The summed E-state index contributed by atoms with van der Waals surface area (Å²) in [6.45, 7) is 1.10. The monoisotopic (exact) mass is 253 g/mol. The molecular formula is C12H15NO5. The van der Waals surface area contributed by atoms with Gasteiger partial charge in [0.15, 0.2) is 6.29 Å². The number of aromatic amines is 1. The van der Waals surface area contributed by atoms with Crippen LogP contribution in [0.1, 0.15) is 40.1 Å². The molecule has 98 valence electrons. The number of hydrogen-bond donors (Lipinski definition) is 1. The van der Waals surface area contributed by atoms with E-state index in [9.17, 15) is 14.4 Å². The van der Waals surface area contributed by atoms with Crippen LogP contribution in [0.15, 0.2) is 12.3 Å². The molecule has 0 saturated heterocycles. The highest BCUT2D eigenvalue weighted by molar-refractivity contribution is 5.90. The number of esters is 1. The molecule has 0 atom stereocenters. The highest BCUT2D eigenvalue weighted by Crippen LogP contribution is 2.04. The number of carbonyl (C=O) groups is 3. The van der Waals surface area contributed by atoms with Crippen LogP contribution < -0.4 is 0 Å². The predicted octanol–water partition coefficient (Wildman–Crippen LogP) is 1.33. The maximum atomic E-state index is 11.5. The second-order valence-electron chi connectivity index (χ2n) is 3.63. The van der Waals surface area contributed by atoms with Crippen molar-refractivity contribution in [1.82, 2.24) is 4.98 Å². The smallest absolute Gasteiger partial charge is 0.354 e. The first-order chi connectivity index (χ1) is 8.77. The van der Waals surface area contributed by atoms with Crippen molar-refractivity contribution in [2.24, 2.45) is 0 Å². The zero-order chi connectivity index (χ0) is 13.2. The van der Waals surface area contributed by atoms with E-state index in [1.807, 2.05) is 0 Å². The number of ether oxygens (including phenoxy) is 2. The Morgan fingerprint density at radius 3 is 2.67 bits per heavy atom. The van der Waals surface area contributed by atoms with E-state index >= 15 is 0 Å². The summed E-state index contributed by atoms with van der Waals surface area (Å²) >= 11 is 0. The molecule has 1 rings (SSSR count). The van der Waals surface area contributed by atoms with Crippen LogP contribution in [-0.2, 0) is 14.3 Å². The predicted molar refractivity (Wildman–Crippen MR) is 62.3 cm³/mol. The fraction of sp³-hybridized carbons (Fsp3) is 0.417. The molecule has 0 aliphatic carbocycles. The van der Waals surface area contributed by atoms with Crippen molar-refractivity contribution in [3.8, 4) is 0 Å². The molecule has 0 aliphatic heterocycles. The first-order valence-electron chi connectivity index (χ1n) is 5.64. The first kappa shape index (κ1) is 14.0. The van der Waals surface area contributed by atoms with Gasteiger partial charge in [-0.1, -0.05) is 0 Å². The Kier molecular flexibility index (Phi) is 6.24. The first-order valence-corrected chi connectivity index (χ1v) is 5.64. The lowest BCUT2D eigenvalue weighted by Crippen LogP contribution is -2.07. The number of H-pyrrole nitrogens is 1. The lowest BCUT2D eigenvalue weighted by atomic mass is 10.2. The van der Waals surface area contributed by atoms with Crippen molar-refractivity contribution in [3.05, 3.63) is 23.5 Å². The van der Waals surface area contributed by atoms with Gasteiger partial charge in [0, 0.05) is 11.8 Å². The summed E-state index contributed by atoms with van der Waals surface area (Å²) in [5.74, 6) is -0.479. The van der Waals surface area contributed by atoms with Crippen LogP contribution in [0.2, 0.25) is 0 Å². The summed E-state index contributed by atoms with van der Waals surface area (Å²) in [6, 6.07) is 1.44. The molecular weight excluding hydrogens is 238 g/mol. The summed E-state index contributed by atoms with van der Waals surface area (Å²) in [7, 11) is 0. The number of nitrogens with one attached hydrogen (secondary N) is 1. The van der Waals surface area contributed by atoms with Crippen molar-refractivity contribution in [2.45, 2.75) is 19.3 Å². The number of aromatic nitrogens is 1. The number of hydrogen-bond acceptors (Lipinski definition) is 5. The van der Waals surface area contributed by atoms with E-state index in [0.717, 1.165) is 12.8 Å². The Bertz CT molecular complexity index is 399. The van der Waals surface area contributed by atoms with E-state index in [0.29, 0.717) is 38.0 Å². The molecule has 0 bridgehead atoms. The largest absolute Gasteiger partial charge is 0.468 e. The molecule has 1 N–H and O–H groups in total. The molecule has 1 heterocycles. The number of unbranched alkanes of at least 4 members (excludes halogenated alkanes) is 2. The van der Waals surface area contributed by atoms with E-state index in [-0.39, 0.29) is 5.69 Å². The van der Waals surface area contributed by atoms with Crippen molar-refractivity contribution < 1.29 is 23.9 Å². The molecule has 6 heteroatoms. The van der Waals surface area contributed by atoms with Crippen molar-refractivity contribution in [2.75, 3.05) is 13.2 Å². The second-order valence-corrected chi connectivity index (χ2v) is 3.63. The quantitative estimate of drug-likeness (QED) is 0.407. The van der Waals surface area contributed by atoms with Gasteiger partial charge >= 0.3 is 5.97 Å². The van der Waals surface area contributed by atoms with Gasteiger partial charge in [-0.05, 0) is 25.3 Å². The third-order valence-electron chi connectivity index (χ3n) is 2.27. The summed E-state index contributed by atoms with van der Waals surface area (Å²) in [5, 5.41) is 0. The minimum Gasteiger partial charge on any atom is -0.468 e. The highest BCUT2D eigenvalue weighted by Gasteiger charge is 2.09. The van der Waals surface area contributed by atoms with Crippen LogP contribution in [0.4, 0.5) is 0 Å². The number of aldehydes is 1. The van der Waals surface area contributed by atoms with Gasteiger partial charge in [0.25, 0.3) is 6.47 Å². The molecule has 1 aromatic heterocycles. The second kappa shape index (κ2) is 8.05. The van der Waals surface area contributed by atoms with Gasteiger partial charge in [0.1, 0.15) is 5.69 Å². The molecule has 0 saturated carbocycles. The molecule has 6 nitrogen and oxygen atoms in total. The van der Waals surface area contributed by atoms with E-state index in [1.54, 1.807) is 0 Å². The Morgan fingerprint density at radius 1 is 1.22 bits per heavy atom. The van der Waals surface area contributed by atoms with Gasteiger partial charge in [-0.3, -0.25) is 9.59 Å². The van der Waals surface area contributed by atoms with Gasteiger partial charge in [0.2, 0.25) is 0 Å². The van der Waals surface area contributed by atoms with Crippen molar-refractivity contribution >= 4 is 18.7 Å². The van der Waals surface area contributed by atoms with Crippen LogP contribution in [0.25, 0.3) is 0 Å². The van der Waals surface area contributed by atoms with Crippen LogP contribution in [0, 0.1) is 0 Å². The fourth-order valence-corrected chi connectivity index (χ4v) is 1.35. The maximum absolute atomic E-state index is 11.5. The molecule has 0 unspecified atom stereocenters.